The fraction of sp³-hybridized carbons (Fsp3) is 0.550. The van der Waals surface area contributed by atoms with E-state index in [0.717, 1.165) is 29.7 Å². The number of alkyl halides is 3. The first-order chi connectivity index (χ1) is 16.4. The number of nitrogens with zero attached hydrogens (tertiary/aromatic N) is 5. The fourth-order valence-corrected chi connectivity index (χ4v) is 4.90. The van der Waals surface area contributed by atoms with E-state index in [-0.39, 0.29) is 34.2 Å². The SMILES string of the molecule is CCCCOC(=O)c1nnc(N=Nc2cc3c(cc2NS(=O)(=O)CC(F)(F)F)N(C)C(C)CC3)s1. The Morgan fingerprint density at radius 3 is 2.74 bits per heavy atom. The number of benzene rings is 1. The highest BCUT2D eigenvalue weighted by atomic mass is 32.2. The van der Waals surface area contributed by atoms with Gasteiger partial charge in [0.2, 0.25) is 15.0 Å². The quantitative estimate of drug-likeness (QED) is 0.273. The van der Waals surface area contributed by atoms with E-state index in [1.807, 2.05) is 30.5 Å². The lowest BCUT2D eigenvalue weighted by molar-refractivity contribution is -0.106. The molecular formula is C20H25F3N6O4S2. The van der Waals surface area contributed by atoms with Crippen molar-refractivity contribution in [1.82, 2.24) is 10.2 Å². The Kier molecular flexibility index (Phi) is 8.30. The van der Waals surface area contributed by atoms with Crippen molar-refractivity contribution in [1.29, 1.82) is 0 Å². The van der Waals surface area contributed by atoms with Gasteiger partial charge in [-0.1, -0.05) is 24.7 Å². The topological polar surface area (TPSA) is 126 Å². The van der Waals surface area contributed by atoms with Crippen LogP contribution < -0.4 is 9.62 Å². The van der Waals surface area contributed by atoms with Crippen molar-refractivity contribution in [2.45, 2.75) is 51.7 Å². The molecule has 0 spiro atoms. The smallest absolute Gasteiger partial charge is 0.404 e. The third kappa shape index (κ3) is 7.34. The zero-order valence-corrected chi connectivity index (χ0v) is 20.9. The average molecular weight is 535 g/mol. The van der Waals surface area contributed by atoms with Gasteiger partial charge in [-0.25, -0.2) is 13.2 Å². The number of fused-ring (bicyclic) bond motifs is 1. The summed E-state index contributed by atoms with van der Waals surface area (Å²) >= 11 is 0.822. The zero-order chi connectivity index (χ0) is 25.8. The number of aromatic nitrogens is 2. The highest BCUT2D eigenvalue weighted by Gasteiger charge is 2.36. The number of anilines is 2. The Labute approximate surface area is 204 Å². The summed E-state index contributed by atoms with van der Waals surface area (Å²) in [6, 6.07) is 3.18. The summed E-state index contributed by atoms with van der Waals surface area (Å²) in [5.41, 5.74) is 1.39. The Bertz CT molecular complexity index is 1200. The molecule has 10 nitrogen and oxygen atoms in total. The van der Waals surface area contributed by atoms with Gasteiger partial charge in [0.15, 0.2) is 5.75 Å². The summed E-state index contributed by atoms with van der Waals surface area (Å²) in [5.74, 6) is -2.69. The van der Waals surface area contributed by atoms with E-state index in [4.69, 9.17) is 4.74 Å². The van der Waals surface area contributed by atoms with E-state index in [2.05, 4.69) is 20.4 Å². The summed E-state index contributed by atoms with van der Waals surface area (Å²) in [4.78, 5) is 13.9. The molecule has 0 aliphatic carbocycles. The monoisotopic (exact) mass is 534 g/mol. The molecule has 1 aromatic heterocycles. The molecule has 192 valence electrons. The molecule has 0 fully saturated rings. The van der Waals surface area contributed by atoms with Gasteiger partial charge in [0.05, 0.1) is 12.3 Å². The average Bonchev–Trinajstić information content (AvgIpc) is 3.23. The molecule has 1 atom stereocenters. The van der Waals surface area contributed by atoms with Crippen LogP contribution in [0.1, 0.15) is 48.5 Å². The van der Waals surface area contributed by atoms with Crippen molar-refractivity contribution in [2.75, 3.05) is 29.0 Å². The standard InChI is InChI=1S/C20H25F3N6O4S2/c1-4-5-8-33-18(30)17-25-27-19(34-17)26-24-14-9-13-7-6-12(2)29(3)16(13)10-15(14)28-35(31,32)11-20(21,22)23/h9-10,12,28H,4-8,11H2,1-3H3. The van der Waals surface area contributed by atoms with Crippen molar-refractivity contribution in [3.8, 4) is 0 Å². The predicted octanol–water partition coefficient (Wildman–Crippen LogP) is 4.99. The van der Waals surface area contributed by atoms with Crippen LogP contribution in [0.15, 0.2) is 22.4 Å². The molecule has 1 unspecified atom stereocenters. The second-order valence-corrected chi connectivity index (χ2v) is 10.7. The van der Waals surface area contributed by atoms with Crippen molar-refractivity contribution < 1.29 is 31.1 Å². The van der Waals surface area contributed by atoms with Crippen LogP contribution in [0.5, 0.6) is 0 Å². The van der Waals surface area contributed by atoms with Crippen LogP contribution in [0, 0.1) is 0 Å². The van der Waals surface area contributed by atoms with Crippen LogP contribution >= 0.6 is 11.3 Å². The molecule has 0 amide bonds. The zero-order valence-electron chi connectivity index (χ0n) is 19.3. The van der Waals surface area contributed by atoms with Gasteiger partial charge in [-0.3, -0.25) is 4.72 Å². The molecule has 0 saturated carbocycles. The van der Waals surface area contributed by atoms with Crippen molar-refractivity contribution in [3.63, 3.8) is 0 Å². The van der Waals surface area contributed by atoms with Crippen LogP contribution in [0.4, 0.5) is 35.4 Å². The molecular weight excluding hydrogens is 509 g/mol. The van der Waals surface area contributed by atoms with Gasteiger partial charge in [-0.2, -0.15) is 13.2 Å². The molecule has 2 aromatic rings. The largest absolute Gasteiger partial charge is 0.460 e. The molecule has 1 aliphatic rings. The number of ether oxygens (including phenoxy) is 1. The second-order valence-electron chi connectivity index (χ2n) is 8.05. The first-order valence-corrected chi connectivity index (χ1v) is 13.2. The third-order valence-corrected chi connectivity index (χ3v) is 7.28. The maximum absolute atomic E-state index is 12.8. The number of esters is 1. The number of nitrogens with one attached hydrogen (secondary N) is 1. The maximum Gasteiger partial charge on any atom is 0.404 e. The van der Waals surface area contributed by atoms with E-state index in [1.54, 1.807) is 6.07 Å². The number of sulfonamides is 1. The minimum Gasteiger partial charge on any atom is -0.460 e. The van der Waals surface area contributed by atoms with E-state index in [1.165, 1.54) is 6.07 Å². The summed E-state index contributed by atoms with van der Waals surface area (Å²) in [6.07, 6.45) is -1.85. The minimum absolute atomic E-state index is 0.00000108. The van der Waals surface area contributed by atoms with Crippen LogP contribution in [0.2, 0.25) is 0 Å². The number of carbonyl (C=O) groups excluding carboxylic acids is 1. The van der Waals surface area contributed by atoms with Gasteiger partial charge in [0.1, 0.15) is 5.69 Å². The maximum atomic E-state index is 12.8. The lowest BCUT2D eigenvalue weighted by Crippen LogP contribution is -2.33. The number of hydrogen-bond donors (Lipinski definition) is 1. The first kappa shape index (κ1) is 26.8. The van der Waals surface area contributed by atoms with Crippen LogP contribution in [0.25, 0.3) is 0 Å². The predicted molar refractivity (Wildman–Crippen MR) is 125 cm³/mol. The summed E-state index contributed by atoms with van der Waals surface area (Å²) in [7, 11) is -2.94. The van der Waals surface area contributed by atoms with E-state index < -0.39 is 27.9 Å². The van der Waals surface area contributed by atoms with Gasteiger partial charge in [-0.15, -0.1) is 20.4 Å². The molecule has 0 saturated heterocycles. The Hall–Kier alpha value is -2.81. The van der Waals surface area contributed by atoms with E-state index in [9.17, 15) is 26.4 Å². The Balaban J connectivity index is 1.91. The highest BCUT2D eigenvalue weighted by Crippen LogP contribution is 2.39. The summed E-state index contributed by atoms with van der Waals surface area (Å²) in [5, 5.41) is 15.4. The third-order valence-electron chi connectivity index (χ3n) is 5.25. The Morgan fingerprint density at radius 2 is 2.06 bits per heavy atom. The van der Waals surface area contributed by atoms with Crippen molar-refractivity contribution in [3.05, 3.63) is 22.7 Å². The van der Waals surface area contributed by atoms with Gasteiger partial charge in [0, 0.05) is 18.8 Å². The molecule has 1 N–H and O–H groups in total. The van der Waals surface area contributed by atoms with Gasteiger partial charge >= 0.3 is 12.1 Å². The second kappa shape index (κ2) is 10.8. The summed E-state index contributed by atoms with van der Waals surface area (Å²) in [6.45, 7) is 4.19. The fourth-order valence-electron chi connectivity index (χ4n) is 3.33. The molecule has 2 heterocycles. The van der Waals surface area contributed by atoms with Gasteiger partial charge in [0.25, 0.3) is 5.13 Å². The molecule has 35 heavy (non-hydrogen) atoms. The van der Waals surface area contributed by atoms with E-state index >= 15 is 0 Å². The van der Waals surface area contributed by atoms with Crippen LogP contribution in [-0.4, -0.2) is 56.2 Å². The molecule has 3 rings (SSSR count). The van der Waals surface area contributed by atoms with Crippen molar-refractivity contribution >= 4 is 49.5 Å². The first-order valence-electron chi connectivity index (χ1n) is 10.8. The number of rotatable bonds is 9. The van der Waals surface area contributed by atoms with Crippen molar-refractivity contribution in [2.24, 2.45) is 10.2 Å². The number of azo groups is 1. The molecule has 0 radical (unpaired) electrons. The van der Waals surface area contributed by atoms with Crippen LogP contribution in [0.3, 0.4) is 0 Å². The Morgan fingerprint density at radius 1 is 1.31 bits per heavy atom. The van der Waals surface area contributed by atoms with Gasteiger partial charge < -0.3 is 9.64 Å². The van der Waals surface area contributed by atoms with Gasteiger partial charge in [-0.05, 0) is 43.9 Å². The lowest BCUT2D eigenvalue weighted by atomic mass is 9.96. The lowest BCUT2D eigenvalue weighted by Gasteiger charge is -2.34. The summed E-state index contributed by atoms with van der Waals surface area (Å²) < 4.78 is 69.6. The number of unbranched alkanes of at least 4 members (excludes halogenated alkanes) is 1. The molecule has 1 aromatic carbocycles. The molecule has 15 heteroatoms. The number of hydrogen-bond acceptors (Lipinski definition) is 10. The number of halogens is 3. The molecule has 0 bridgehead atoms. The van der Waals surface area contributed by atoms with Crippen LogP contribution in [-0.2, 0) is 21.2 Å². The molecule has 1 aliphatic heterocycles. The van der Waals surface area contributed by atoms with E-state index in [0.29, 0.717) is 18.5 Å². The minimum atomic E-state index is -4.91. The number of carbonyl (C=O) groups is 1. The highest BCUT2D eigenvalue weighted by molar-refractivity contribution is 7.92. The number of aryl methyl sites for hydroxylation is 1. The normalized spacial score (nSPS) is 16.4.